The van der Waals surface area contributed by atoms with E-state index in [1.807, 2.05) is 0 Å². The van der Waals surface area contributed by atoms with Crippen LogP contribution in [0.2, 0.25) is 5.02 Å². The van der Waals surface area contributed by atoms with Crippen molar-refractivity contribution in [3.63, 3.8) is 0 Å². The van der Waals surface area contributed by atoms with Crippen LogP contribution in [0.4, 0.5) is 0 Å². The number of Topliss-reactive ketones (excluding diaryl/α,β-unsaturated/α-hetero) is 1. The van der Waals surface area contributed by atoms with Crippen molar-refractivity contribution < 1.29 is 19.1 Å². The maximum absolute atomic E-state index is 12.1. The fourth-order valence-electron chi connectivity index (χ4n) is 1.48. The summed E-state index contributed by atoms with van der Waals surface area (Å²) >= 11 is 11.6. The Morgan fingerprint density at radius 2 is 2.00 bits per heavy atom. The van der Waals surface area contributed by atoms with Crippen LogP contribution in [0.3, 0.4) is 0 Å². The highest BCUT2D eigenvalue weighted by molar-refractivity contribution is 6.32. The topological polar surface area (TPSA) is 52.6 Å². The molecule has 0 saturated heterocycles. The van der Waals surface area contributed by atoms with Gasteiger partial charge < -0.3 is 9.47 Å². The molecule has 0 aliphatic heterocycles. The maximum Gasteiger partial charge on any atom is 0.341 e. The normalized spacial score (nSPS) is 12.9. The number of esters is 1. The van der Waals surface area contributed by atoms with Crippen LogP contribution < -0.4 is 0 Å². The first-order valence-corrected chi connectivity index (χ1v) is 7.19. The monoisotopic (exact) mass is 330 g/mol. The molecule has 0 heterocycles. The molecule has 0 aliphatic carbocycles. The molecular formula is C15H16Cl2O4. The van der Waals surface area contributed by atoms with Crippen LogP contribution in [-0.2, 0) is 19.1 Å². The zero-order valence-corrected chi connectivity index (χ0v) is 13.3. The van der Waals surface area contributed by atoms with E-state index in [4.69, 9.17) is 32.7 Å². The molecule has 1 aromatic rings. The summed E-state index contributed by atoms with van der Waals surface area (Å²) < 4.78 is 9.90. The minimum Gasteiger partial charge on any atom is -0.462 e. The average molecular weight is 331 g/mol. The largest absolute Gasteiger partial charge is 0.462 e. The van der Waals surface area contributed by atoms with Crippen LogP contribution in [0.1, 0.15) is 19.4 Å². The second kappa shape index (κ2) is 8.82. The summed E-state index contributed by atoms with van der Waals surface area (Å²) in [5, 5.41) is 0.429. The van der Waals surface area contributed by atoms with Gasteiger partial charge in [0.1, 0.15) is 17.7 Å². The molecule has 4 nitrogen and oxygen atoms in total. The molecular weight excluding hydrogens is 315 g/mol. The smallest absolute Gasteiger partial charge is 0.341 e. The number of hydrogen-bond acceptors (Lipinski definition) is 4. The highest BCUT2D eigenvalue weighted by Gasteiger charge is 2.20. The van der Waals surface area contributed by atoms with Crippen LogP contribution in [0.25, 0.3) is 6.08 Å². The number of halogens is 2. The molecule has 1 unspecified atom stereocenters. The van der Waals surface area contributed by atoms with Crippen molar-refractivity contribution in [1.82, 2.24) is 0 Å². The van der Waals surface area contributed by atoms with Gasteiger partial charge in [0, 0.05) is 5.02 Å². The lowest BCUT2D eigenvalue weighted by atomic mass is 10.1. The molecule has 6 heteroatoms. The molecule has 0 spiro atoms. The van der Waals surface area contributed by atoms with Crippen LogP contribution >= 0.6 is 23.2 Å². The number of ether oxygens (including phenoxy) is 2. The van der Waals surface area contributed by atoms with Gasteiger partial charge in [-0.15, -0.1) is 0 Å². The first-order valence-electron chi connectivity index (χ1n) is 6.38. The molecule has 1 aromatic carbocycles. The number of rotatable bonds is 7. The summed E-state index contributed by atoms with van der Waals surface area (Å²) in [4.78, 5) is 24.0. The number of carbonyl (C=O) groups excluding carboxylic acids is 2. The van der Waals surface area contributed by atoms with E-state index in [9.17, 15) is 9.59 Å². The molecule has 0 aromatic heterocycles. The third-order valence-corrected chi connectivity index (χ3v) is 2.92. The second-order valence-electron chi connectivity index (χ2n) is 4.08. The van der Waals surface area contributed by atoms with Gasteiger partial charge in [0.15, 0.2) is 5.78 Å². The second-order valence-corrected chi connectivity index (χ2v) is 5.10. The lowest BCUT2D eigenvalue weighted by Crippen LogP contribution is -2.21. The number of carbonyl (C=O) groups is 2. The Morgan fingerprint density at radius 1 is 1.33 bits per heavy atom. The van der Waals surface area contributed by atoms with Crippen LogP contribution in [0.5, 0.6) is 0 Å². The van der Waals surface area contributed by atoms with Gasteiger partial charge in [0.05, 0.1) is 6.61 Å². The van der Waals surface area contributed by atoms with E-state index in [2.05, 4.69) is 0 Å². The quantitative estimate of drug-likeness (QED) is 0.252. The van der Waals surface area contributed by atoms with Crippen LogP contribution in [-0.4, -0.2) is 30.5 Å². The number of hydrogen-bond donors (Lipinski definition) is 0. The first kappa shape index (κ1) is 17.7. The highest BCUT2D eigenvalue weighted by atomic mass is 35.5. The molecule has 0 aliphatic rings. The van der Waals surface area contributed by atoms with E-state index in [0.29, 0.717) is 10.6 Å². The first-order chi connectivity index (χ1) is 9.95. The Kier molecular flexibility index (Phi) is 7.43. The molecule has 0 fully saturated rings. The highest BCUT2D eigenvalue weighted by Crippen LogP contribution is 2.19. The van der Waals surface area contributed by atoms with Gasteiger partial charge in [-0.05, 0) is 31.6 Å². The van der Waals surface area contributed by atoms with Crippen molar-refractivity contribution in [2.24, 2.45) is 0 Å². The summed E-state index contributed by atoms with van der Waals surface area (Å²) in [6.07, 6.45) is 1.39. The summed E-state index contributed by atoms with van der Waals surface area (Å²) in [5.41, 5.74) is -0.200. The molecule has 114 valence electrons. The maximum atomic E-state index is 12.1. The van der Waals surface area contributed by atoms with Crippen molar-refractivity contribution in [3.05, 3.63) is 40.4 Å². The van der Waals surface area contributed by atoms with E-state index in [1.54, 1.807) is 38.1 Å². The van der Waals surface area contributed by atoms with E-state index < -0.39 is 17.3 Å². The summed E-state index contributed by atoms with van der Waals surface area (Å²) in [6.45, 7) is 3.10. The average Bonchev–Trinajstić information content (AvgIpc) is 2.44. The number of alkyl halides is 1. The molecule has 0 radical (unpaired) electrons. The van der Waals surface area contributed by atoms with Crippen molar-refractivity contribution in [3.8, 4) is 0 Å². The number of benzene rings is 1. The lowest BCUT2D eigenvalue weighted by molar-refractivity contribution is -0.140. The van der Waals surface area contributed by atoms with E-state index in [-0.39, 0.29) is 18.8 Å². The molecule has 1 rings (SSSR count). The predicted octanol–water partition coefficient (Wildman–Crippen LogP) is 3.46. The van der Waals surface area contributed by atoms with Crippen molar-refractivity contribution in [2.45, 2.75) is 19.4 Å². The summed E-state index contributed by atoms with van der Waals surface area (Å²) in [7, 11) is 0. The Morgan fingerprint density at radius 3 is 2.57 bits per heavy atom. The molecule has 0 bridgehead atoms. The summed E-state index contributed by atoms with van der Waals surface area (Å²) in [5.74, 6) is -1.23. The van der Waals surface area contributed by atoms with Gasteiger partial charge in [0.25, 0.3) is 0 Å². The Labute approximate surface area is 133 Å². The van der Waals surface area contributed by atoms with Gasteiger partial charge in [-0.25, -0.2) is 4.79 Å². The minimum atomic E-state index is -0.715. The standard InChI is InChI=1S/C15H16Cl2O4/c1-3-20-15(19)12(14(18)9-21-10(2)16)8-11-6-4-5-7-13(11)17/h4-8,10H,3,9H2,1-2H3/b12-8-. The van der Waals surface area contributed by atoms with Crippen molar-refractivity contribution in [1.29, 1.82) is 0 Å². The third-order valence-electron chi connectivity index (χ3n) is 2.44. The van der Waals surface area contributed by atoms with Crippen molar-refractivity contribution >= 4 is 41.0 Å². The van der Waals surface area contributed by atoms with Crippen LogP contribution in [0.15, 0.2) is 29.8 Å². The Bertz CT molecular complexity index is 538. The molecule has 0 amide bonds. The fourth-order valence-corrected chi connectivity index (χ4v) is 1.73. The lowest BCUT2D eigenvalue weighted by Gasteiger charge is -2.09. The SMILES string of the molecule is CCOC(=O)/C(=C\c1ccccc1Cl)C(=O)COC(C)Cl. The summed E-state index contributed by atoms with van der Waals surface area (Å²) in [6, 6.07) is 6.87. The van der Waals surface area contributed by atoms with Gasteiger partial charge in [-0.1, -0.05) is 41.4 Å². The molecule has 1 atom stereocenters. The fraction of sp³-hybridized carbons (Fsp3) is 0.333. The molecule has 21 heavy (non-hydrogen) atoms. The van der Waals surface area contributed by atoms with Gasteiger partial charge in [0.2, 0.25) is 0 Å². The van der Waals surface area contributed by atoms with Crippen molar-refractivity contribution in [2.75, 3.05) is 13.2 Å². The third kappa shape index (κ3) is 5.87. The minimum absolute atomic E-state index is 0.123. The number of ketones is 1. The predicted molar refractivity (Wildman–Crippen MR) is 82.3 cm³/mol. The van der Waals surface area contributed by atoms with E-state index in [0.717, 1.165) is 0 Å². The Balaban J connectivity index is 3.05. The van der Waals surface area contributed by atoms with Gasteiger partial charge in [-0.2, -0.15) is 0 Å². The zero-order valence-electron chi connectivity index (χ0n) is 11.8. The van der Waals surface area contributed by atoms with E-state index in [1.165, 1.54) is 6.08 Å². The van der Waals surface area contributed by atoms with Crippen LogP contribution in [0, 0.1) is 0 Å². The zero-order chi connectivity index (χ0) is 15.8. The van der Waals surface area contributed by atoms with Gasteiger partial charge in [-0.3, -0.25) is 4.79 Å². The Hall–Kier alpha value is -1.36. The molecule has 0 saturated carbocycles. The molecule has 0 N–H and O–H groups in total. The van der Waals surface area contributed by atoms with Gasteiger partial charge >= 0.3 is 5.97 Å². The van der Waals surface area contributed by atoms with E-state index >= 15 is 0 Å².